The summed E-state index contributed by atoms with van der Waals surface area (Å²) in [6, 6.07) is 11.2. The van der Waals surface area contributed by atoms with E-state index in [2.05, 4.69) is 11.8 Å². The summed E-state index contributed by atoms with van der Waals surface area (Å²) in [5.41, 5.74) is 1.10. The maximum Gasteiger partial charge on any atom is 0.175 e. The van der Waals surface area contributed by atoms with Crippen molar-refractivity contribution in [1.29, 1.82) is 0 Å². The Labute approximate surface area is 143 Å². The Kier molecular flexibility index (Phi) is 4.80. The van der Waals surface area contributed by atoms with Crippen molar-refractivity contribution in [3.05, 3.63) is 53.5 Å². The van der Waals surface area contributed by atoms with Gasteiger partial charge in [0.2, 0.25) is 0 Å². The molecular formula is C18H23NO4S. The Morgan fingerprint density at radius 2 is 1.88 bits per heavy atom. The fraction of sp³-hybridized carbons (Fsp3) is 0.444. The molecule has 130 valence electrons. The third kappa shape index (κ3) is 3.71. The summed E-state index contributed by atoms with van der Waals surface area (Å²) in [6.07, 6.45) is 1.16. The van der Waals surface area contributed by atoms with Crippen LogP contribution in [0.2, 0.25) is 0 Å². The number of hydrogen-bond acceptors (Lipinski definition) is 5. The molecule has 3 rings (SSSR count). The van der Waals surface area contributed by atoms with E-state index in [1.165, 1.54) is 6.26 Å². The van der Waals surface area contributed by atoms with Crippen molar-refractivity contribution in [1.82, 2.24) is 4.90 Å². The molecule has 6 heteroatoms. The van der Waals surface area contributed by atoms with Gasteiger partial charge in [0.25, 0.3) is 0 Å². The van der Waals surface area contributed by atoms with Crippen molar-refractivity contribution in [2.45, 2.75) is 30.9 Å². The van der Waals surface area contributed by atoms with Gasteiger partial charge in [0.15, 0.2) is 9.84 Å². The lowest BCUT2D eigenvalue weighted by molar-refractivity contribution is -0.0525. The normalized spacial score (nSPS) is 20.9. The van der Waals surface area contributed by atoms with E-state index in [0.717, 1.165) is 30.2 Å². The van der Waals surface area contributed by atoms with Crippen LogP contribution in [-0.4, -0.2) is 39.3 Å². The van der Waals surface area contributed by atoms with E-state index in [1.807, 2.05) is 31.2 Å². The molecule has 0 aliphatic carbocycles. The lowest BCUT2D eigenvalue weighted by atomic mass is 10.1. The van der Waals surface area contributed by atoms with E-state index in [1.54, 1.807) is 12.1 Å². The second kappa shape index (κ2) is 6.70. The third-order valence-electron chi connectivity index (χ3n) is 4.51. The molecule has 0 spiro atoms. The lowest BCUT2D eigenvalue weighted by Crippen LogP contribution is -2.39. The Morgan fingerprint density at radius 1 is 1.17 bits per heavy atom. The second-order valence-corrected chi connectivity index (χ2v) is 8.34. The number of benzene rings is 1. The number of aryl methyl sites for hydroxylation is 1. The highest BCUT2D eigenvalue weighted by molar-refractivity contribution is 7.90. The van der Waals surface area contributed by atoms with Crippen molar-refractivity contribution < 1.29 is 17.6 Å². The number of sulfone groups is 1. The number of rotatable bonds is 4. The highest BCUT2D eigenvalue weighted by atomic mass is 32.2. The number of ether oxygens (including phenoxy) is 1. The molecule has 2 heterocycles. The molecule has 2 aromatic rings. The molecule has 1 saturated heterocycles. The van der Waals surface area contributed by atoms with Gasteiger partial charge in [-0.25, -0.2) is 8.42 Å². The first-order valence-corrected chi connectivity index (χ1v) is 9.96. The van der Waals surface area contributed by atoms with Gasteiger partial charge in [-0.1, -0.05) is 12.1 Å². The van der Waals surface area contributed by atoms with Crippen LogP contribution in [0.1, 0.15) is 36.2 Å². The van der Waals surface area contributed by atoms with E-state index in [9.17, 15) is 8.42 Å². The Hall–Kier alpha value is -1.63. The molecular weight excluding hydrogens is 326 g/mol. The molecule has 24 heavy (non-hydrogen) atoms. The zero-order chi connectivity index (χ0) is 17.3. The summed E-state index contributed by atoms with van der Waals surface area (Å²) in [5, 5.41) is 0. The molecule has 1 aromatic carbocycles. The monoisotopic (exact) mass is 349 g/mol. The zero-order valence-electron chi connectivity index (χ0n) is 14.2. The lowest BCUT2D eigenvalue weighted by Gasteiger charge is -2.36. The molecule has 0 unspecified atom stereocenters. The molecule has 0 radical (unpaired) electrons. The largest absolute Gasteiger partial charge is 0.464 e. The van der Waals surface area contributed by atoms with Crippen molar-refractivity contribution >= 4 is 9.84 Å². The quantitative estimate of drug-likeness (QED) is 0.849. The van der Waals surface area contributed by atoms with Gasteiger partial charge in [-0.15, -0.1) is 0 Å². The summed E-state index contributed by atoms with van der Waals surface area (Å²) >= 11 is 0. The number of hydrogen-bond donors (Lipinski definition) is 0. The van der Waals surface area contributed by atoms with Crippen LogP contribution in [0.5, 0.6) is 0 Å². The standard InChI is InChI=1S/C18H23NO4S/c1-13-4-9-17(23-13)18-12-19(10-11-22-18)14(2)15-5-7-16(8-6-15)24(3,20)21/h4-9,14,18H,10-12H2,1-3H3/t14-,18-/m1/s1. The van der Waals surface area contributed by atoms with Gasteiger partial charge in [0.05, 0.1) is 11.5 Å². The van der Waals surface area contributed by atoms with Crippen molar-refractivity contribution in [2.75, 3.05) is 26.0 Å². The van der Waals surface area contributed by atoms with Crippen molar-refractivity contribution in [3.8, 4) is 0 Å². The molecule has 0 N–H and O–H groups in total. The first-order valence-electron chi connectivity index (χ1n) is 8.06. The summed E-state index contributed by atoms with van der Waals surface area (Å²) in [4.78, 5) is 2.69. The van der Waals surface area contributed by atoms with E-state index in [4.69, 9.17) is 9.15 Å². The van der Waals surface area contributed by atoms with Crippen LogP contribution in [0.25, 0.3) is 0 Å². The molecule has 0 saturated carbocycles. The van der Waals surface area contributed by atoms with Crippen LogP contribution in [-0.2, 0) is 14.6 Å². The number of morpholine rings is 1. The first kappa shape index (κ1) is 17.2. The number of furan rings is 1. The third-order valence-corrected chi connectivity index (χ3v) is 5.64. The fourth-order valence-electron chi connectivity index (χ4n) is 3.02. The number of nitrogens with zero attached hydrogens (tertiary/aromatic N) is 1. The topological polar surface area (TPSA) is 59.8 Å². The highest BCUT2D eigenvalue weighted by Crippen LogP contribution is 2.29. The van der Waals surface area contributed by atoms with Crippen LogP contribution < -0.4 is 0 Å². The molecule has 5 nitrogen and oxygen atoms in total. The van der Waals surface area contributed by atoms with Gasteiger partial charge in [-0.05, 0) is 43.7 Å². The van der Waals surface area contributed by atoms with Gasteiger partial charge < -0.3 is 9.15 Å². The van der Waals surface area contributed by atoms with Crippen LogP contribution >= 0.6 is 0 Å². The molecule has 2 atom stereocenters. The average molecular weight is 349 g/mol. The predicted octanol–water partition coefficient (Wildman–Crippen LogP) is 3.13. The van der Waals surface area contributed by atoms with Crippen LogP contribution in [0.3, 0.4) is 0 Å². The highest BCUT2D eigenvalue weighted by Gasteiger charge is 2.27. The van der Waals surface area contributed by atoms with E-state index in [0.29, 0.717) is 11.5 Å². The molecule has 1 aliphatic rings. The summed E-state index contributed by atoms with van der Waals surface area (Å²) in [6.45, 7) is 6.30. The second-order valence-electron chi connectivity index (χ2n) is 6.32. The summed E-state index contributed by atoms with van der Waals surface area (Å²) < 4.78 is 34.7. The maximum absolute atomic E-state index is 11.6. The molecule has 0 bridgehead atoms. The Morgan fingerprint density at radius 3 is 2.46 bits per heavy atom. The maximum atomic E-state index is 11.6. The van der Waals surface area contributed by atoms with Crippen LogP contribution in [0.15, 0.2) is 45.7 Å². The van der Waals surface area contributed by atoms with E-state index in [-0.39, 0.29) is 12.1 Å². The zero-order valence-corrected chi connectivity index (χ0v) is 15.0. The van der Waals surface area contributed by atoms with E-state index < -0.39 is 9.84 Å². The average Bonchev–Trinajstić information content (AvgIpc) is 3.00. The SMILES string of the molecule is Cc1ccc([C@H]2CN([C@H](C)c3ccc(S(C)(=O)=O)cc3)CCO2)o1. The van der Waals surface area contributed by atoms with Gasteiger partial charge in [0.1, 0.15) is 17.6 Å². The Bertz CT molecular complexity index is 795. The minimum atomic E-state index is -3.16. The predicted molar refractivity (Wildman–Crippen MR) is 91.7 cm³/mol. The summed E-state index contributed by atoms with van der Waals surface area (Å²) in [7, 11) is -3.16. The first-order chi connectivity index (χ1) is 11.3. The van der Waals surface area contributed by atoms with E-state index >= 15 is 0 Å². The fourth-order valence-corrected chi connectivity index (χ4v) is 3.65. The van der Waals surface area contributed by atoms with Gasteiger partial charge in [-0.3, -0.25) is 4.90 Å². The molecule has 1 fully saturated rings. The minimum absolute atomic E-state index is 0.0646. The minimum Gasteiger partial charge on any atom is -0.464 e. The van der Waals surface area contributed by atoms with Gasteiger partial charge in [0, 0.05) is 25.4 Å². The Balaban J connectivity index is 1.73. The smallest absolute Gasteiger partial charge is 0.175 e. The van der Waals surface area contributed by atoms with Gasteiger partial charge >= 0.3 is 0 Å². The molecule has 0 amide bonds. The van der Waals surface area contributed by atoms with Crippen molar-refractivity contribution in [2.24, 2.45) is 0 Å². The molecule has 1 aromatic heterocycles. The van der Waals surface area contributed by atoms with Crippen molar-refractivity contribution in [3.63, 3.8) is 0 Å². The molecule has 1 aliphatic heterocycles. The van der Waals surface area contributed by atoms with Gasteiger partial charge in [-0.2, -0.15) is 0 Å². The van der Waals surface area contributed by atoms with Crippen LogP contribution in [0.4, 0.5) is 0 Å². The summed E-state index contributed by atoms with van der Waals surface area (Å²) in [5.74, 6) is 1.74. The van der Waals surface area contributed by atoms with Crippen LogP contribution in [0, 0.1) is 6.92 Å².